The van der Waals surface area contributed by atoms with Crippen LogP contribution in [0.1, 0.15) is 35.4 Å². The molecule has 1 atom stereocenters. The minimum Gasteiger partial charge on any atom is -0.458 e. The van der Waals surface area contributed by atoms with Gasteiger partial charge < -0.3 is 9.64 Å². The Morgan fingerprint density at radius 3 is 2.61 bits per heavy atom. The summed E-state index contributed by atoms with van der Waals surface area (Å²) in [6, 6.07) is 7.02. The van der Waals surface area contributed by atoms with E-state index in [1.165, 1.54) is 12.1 Å². The average molecular weight is 393 g/mol. The lowest BCUT2D eigenvalue weighted by Gasteiger charge is -2.32. The second kappa shape index (κ2) is 8.16. The highest BCUT2D eigenvalue weighted by atomic mass is 19.4. The maximum Gasteiger partial charge on any atom is 0.416 e. The fourth-order valence-electron chi connectivity index (χ4n) is 3.30. The molecule has 5 nitrogen and oxygen atoms in total. The first-order valence-electron chi connectivity index (χ1n) is 9.13. The van der Waals surface area contributed by atoms with Gasteiger partial charge in [0.1, 0.15) is 6.10 Å². The number of amides is 1. The number of likely N-dealkylation sites (tertiary alicyclic amines) is 1. The number of alkyl halides is 3. The molecule has 2 heterocycles. The number of nitrogens with zero attached hydrogens (tertiary/aromatic N) is 3. The summed E-state index contributed by atoms with van der Waals surface area (Å²) in [5.41, 5.74) is 1.21. The zero-order valence-electron chi connectivity index (χ0n) is 15.8. The normalized spacial score (nSPS) is 17.5. The monoisotopic (exact) mass is 393 g/mol. The van der Waals surface area contributed by atoms with Gasteiger partial charge in [-0.2, -0.15) is 13.2 Å². The van der Waals surface area contributed by atoms with Gasteiger partial charge >= 0.3 is 12.2 Å². The van der Waals surface area contributed by atoms with Crippen LogP contribution in [0.15, 0.2) is 30.3 Å². The number of aromatic nitrogens is 2. The van der Waals surface area contributed by atoms with E-state index in [9.17, 15) is 18.0 Å². The highest BCUT2D eigenvalue weighted by molar-refractivity contribution is 5.79. The first-order chi connectivity index (χ1) is 13.2. The number of aryl methyl sites for hydroxylation is 2. The van der Waals surface area contributed by atoms with Gasteiger partial charge in [0, 0.05) is 17.9 Å². The zero-order chi connectivity index (χ0) is 20.3. The second-order valence-electron chi connectivity index (χ2n) is 7.03. The summed E-state index contributed by atoms with van der Waals surface area (Å²) in [5, 5.41) is 0. The molecule has 0 aliphatic carbocycles. The smallest absolute Gasteiger partial charge is 0.416 e. The van der Waals surface area contributed by atoms with Crippen LogP contribution in [-0.2, 0) is 17.4 Å². The van der Waals surface area contributed by atoms with Gasteiger partial charge in [0.25, 0.3) is 0 Å². The van der Waals surface area contributed by atoms with Gasteiger partial charge in [-0.1, -0.05) is 18.2 Å². The van der Waals surface area contributed by atoms with Crippen LogP contribution in [0, 0.1) is 13.8 Å². The number of hydrogen-bond acceptors (Lipinski definition) is 4. The molecule has 1 saturated heterocycles. The predicted molar refractivity (Wildman–Crippen MR) is 96.9 cm³/mol. The fourth-order valence-corrected chi connectivity index (χ4v) is 3.30. The van der Waals surface area contributed by atoms with Crippen molar-refractivity contribution in [2.24, 2.45) is 0 Å². The molecule has 3 rings (SSSR count). The molecule has 1 aromatic carbocycles. The maximum absolute atomic E-state index is 12.9. The third-order valence-corrected chi connectivity index (χ3v) is 4.57. The number of carbonyl (C=O) groups excluding carboxylic acids is 1. The lowest BCUT2D eigenvalue weighted by Crippen LogP contribution is -2.45. The summed E-state index contributed by atoms with van der Waals surface area (Å²) in [7, 11) is 0. The van der Waals surface area contributed by atoms with Crippen molar-refractivity contribution in [2.45, 2.75) is 45.4 Å². The minimum atomic E-state index is -4.42. The summed E-state index contributed by atoms with van der Waals surface area (Å²) in [6.07, 6.45) is -3.21. The van der Waals surface area contributed by atoms with Crippen molar-refractivity contribution in [3.05, 3.63) is 52.8 Å². The molecular weight excluding hydrogens is 371 g/mol. The van der Waals surface area contributed by atoms with Crippen molar-refractivity contribution >= 4 is 5.91 Å². The summed E-state index contributed by atoms with van der Waals surface area (Å²) in [4.78, 5) is 22.7. The molecule has 1 aliphatic rings. The number of benzene rings is 1. The van der Waals surface area contributed by atoms with E-state index in [0.717, 1.165) is 36.4 Å². The van der Waals surface area contributed by atoms with Gasteiger partial charge in [-0.05, 0) is 44.4 Å². The molecule has 1 aromatic heterocycles. The molecule has 150 valence electrons. The number of hydrogen-bond donors (Lipinski definition) is 0. The van der Waals surface area contributed by atoms with Gasteiger partial charge in [0.05, 0.1) is 18.5 Å². The predicted octanol–water partition coefficient (Wildman–Crippen LogP) is 3.72. The molecule has 1 amide bonds. The molecule has 0 N–H and O–H groups in total. The van der Waals surface area contributed by atoms with Crippen molar-refractivity contribution in [3.8, 4) is 6.01 Å². The Morgan fingerprint density at radius 2 is 1.93 bits per heavy atom. The molecule has 1 aliphatic heterocycles. The fraction of sp³-hybridized carbons (Fsp3) is 0.450. The van der Waals surface area contributed by atoms with E-state index in [0.29, 0.717) is 18.7 Å². The van der Waals surface area contributed by atoms with Crippen LogP contribution in [0.2, 0.25) is 0 Å². The van der Waals surface area contributed by atoms with E-state index in [-0.39, 0.29) is 24.4 Å². The molecule has 1 unspecified atom stereocenters. The summed E-state index contributed by atoms with van der Waals surface area (Å²) in [5.74, 6) is -0.214. The molecular formula is C20H22F3N3O2. The Kier molecular flexibility index (Phi) is 5.86. The largest absolute Gasteiger partial charge is 0.458 e. The van der Waals surface area contributed by atoms with Crippen LogP contribution < -0.4 is 4.74 Å². The van der Waals surface area contributed by atoms with E-state index >= 15 is 0 Å². The quantitative estimate of drug-likeness (QED) is 0.794. The molecule has 8 heteroatoms. The van der Waals surface area contributed by atoms with Crippen molar-refractivity contribution < 1.29 is 22.7 Å². The minimum absolute atomic E-state index is 0.0727. The van der Waals surface area contributed by atoms with Crippen molar-refractivity contribution in [1.29, 1.82) is 0 Å². The number of halogens is 3. The van der Waals surface area contributed by atoms with E-state index in [1.54, 1.807) is 4.90 Å². The summed E-state index contributed by atoms with van der Waals surface area (Å²) < 4.78 is 44.4. The number of carbonyl (C=O) groups is 1. The number of rotatable bonds is 4. The number of piperidine rings is 1. The third kappa shape index (κ3) is 5.21. The van der Waals surface area contributed by atoms with Gasteiger partial charge in [0.2, 0.25) is 5.91 Å². The SMILES string of the molecule is Cc1cc(C)nc(OC2CCCN(C(=O)Cc3cccc(C(F)(F)F)c3)C2)n1. The first kappa shape index (κ1) is 20.1. The molecule has 0 saturated carbocycles. The standard InChI is InChI=1S/C20H22F3N3O2/c1-13-9-14(2)25-19(24-13)28-17-7-4-8-26(12-17)18(27)11-15-5-3-6-16(10-15)20(21,22)23/h3,5-6,9-10,17H,4,7-8,11-12H2,1-2H3. The number of ether oxygens (including phenoxy) is 1. The van der Waals surface area contributed by atoms with Crippen LogP contribution in [0.4, 0.5) is 13.2 Å². The van der Waals surface area contributed by atoms with Crippen molar-refractivity contribution in [2.75, 3.05) is 13.1 Å². The second-order valence-corrected chi connectivity index (χ2v) is 7.03. The van der Waals surface area contributed by atoms with Crippen LogP contribution in [0.3, 0.4) is 0 Å². The molecule has 0 bridgehead atoms. The zero-order valence-corrected chi connectivity index (χ0v) is 15.8. The lowest BCUT2D eigenvalue weighted by atomic mass is 10.0. The molecule has 28 heavy (non-hydrogen) atoms. The maximum atomic E-state index is 12.9. The van der Waals surface area contributed by atoms with Crippen LogP contribution in [0.5, 0.6) is 6.01 Å². The summed E-state index contributed by atoms with van der Waals surface area (Å²) in [6.45, 7) is 4.64. The molecule has 0 spiro atoms. The Balaban J connectivity index is 1.63. The van der Waals surface area contributed by atoms with Gasteiger partial charge in [0.15, 0.2) is 0 Å². The Bertz CT molecular complexity index is 835. The third-order valence-electron chi connectivity index (χ3n) is 4.57. The van der Waals surface area contributed by atoms with E-state index < -0.39 is 11.7 Å². The van der Waals surface area contributed by atoms with Crippen molar-refractivity contribution in [3.63, 3.8) is 0 Å². The molecule has 1 fully saturated rings. The van der Waals surface area contributed by atoms with Gasteiger partial charge in [-0.3, -0.25) is 4.79 Å². The highest BCUT2D eigenvalue weighted by Crippen LogP contribution is 2.29. The Labute approximate surface area is 161 Å². The topological polar surface area (TPSA) is 55.3 Å². The molecule has 0 radical (unpaired) electrons. The van der Waals surface area contributed by atoms with Crippen LogP contribution in [0.25, 0.3) is 0 Å². The molecule has 2 aromatic rings. The van der Waals surface area contributed by atoms with E-state index in [1.807, 2.05) is 19.9 Å². The van der Waals surface area contributed by atoms with Gasteiger partial charge in [-0.25, -0.2) is 9.97 Å². The highest BCUT2D eigenvalue weighted by Gasteiger charge is 2.31. The Hall–Kier alpha value is -2.64. The average Bonchev–Trinajstić information content (AvgIpc) is 2.60. The Morgan fingerprint density at radius 1 is 1.21 bits per heavy atom. The van der Waals surface area contributed by atoms with Gasteiger partial charge in [-0.15, -0.1) is 0 Å². The van der Waals surface area contributed by atoms with Crippen molar-refractivity contribution in [1.82, 2.24) is 14.9 Å². The summed E-state index contributed by atoms with van der Waals surface area (Å²) >= 11 is 0. The van der Waals surface area contributed by atoms with Crippen LogP contribution in [-0.4, -0.2) is 40.0 Å². The van der Waals surface area contributed by atoms with E-state index in [4.69, 9.17) is 4.74 Å². The first-order valence-corrected chi connectivity index (χ1v) is 9.13. The van der Waals surface area contributed by atoms with E-state index in [2.05, 4.69) is 9.97 Å². The van der Waals surface area contributed by atoms with Crippen LogP contribution >= 0.6 is 0 Å². The lowest BCUT2D eigenvalue weighted by molar-refractivity contribution is -0.138.